The third kappa shape index (κ3) is 2.90. The third-order valence-electron chi connectivity index (χ3n) is 5.06. The van der Waals surface area contributed by atoms with E-state index in [1.54, 1.807) is 0 Å². The van der Waals surface area contributed by atoms with E-state index in [1.165, 1.54) is 30.4 Å². The zero-order chi connectivity index (χ0) is 17.4. The quantitative estimate of drug-likeness (QED) is 0.778. The lowest BCUT2D eigenvalue weighted by atomic mass is 9.93. The molecule has 130 valence electrons. The van der Waals surface area contributed by atoms with Crippen molar-refractivity contribution in [3.63, 3.8) is 0 Å². The first-order valence-corrected chi connectivity index (χ1v) is 8.76. The van der Waals surface area contributed by atoms with Gasteiger partial charge in [0.2, 0.25) is 11.3 Å². The van der Waals surface area contributed by atoms with Crippen LogP contribution >= 0.6 is 0 Å². The molecule has 0 saturated heterocycles. The number of hydrogen-bond acceptors (Lipinski definition) is 7. The van der Waals surface area contributed by atoms with Crippen LogP contribution in [0.3, 0.4) is 0 Å². The molecule has 0 radical (unpaired) electrons. The van der Waals surface area contributed by atoms with Crippen molar-refractivity contribution in [2.24, 2.45) is 0 Å². The van der Waals surface area contributed by atoms with Gasteiger partial charge in [-0.2, -0.15) is 0 Å². The van der Waals surface area contributed by atoms with Crippen LogP contribution in [0.15, 0.2) is 22.8 Å². The highest BCUT2D eigenvalue weighted by atomic mass is 16.6. The van der Waals surface area contributed by atoms with Gasteiger partial charge in [-0.3, -0.25) is 0 Å². The number of benzene rings is 1. The Morgan fingerprint density at radius 2 is 1.72 bits per heavy atom. The Morgan fingerprint density at radius 1 is 1.00 bits per heavy atom. The van der Waals surface area contributed by atoms with Gasteiger partial charge in [0.1, 0.15) is 0 Å². The Labute approximate surface area is 146 Å². The van der Waals surface area contributed by atoms with Crippen LogP contribution < -0.4 is 10.6 Å². The van der Waals surface area contributed by atoms with Crippen LogP contribution in [0.1, 0.15) is 43.2 Å². The van der Waals surface area contributed by atoms with Crippen molar-refractivity contribution >= 4 is 28.6 Å². The molecule has 0 spiro atoms. The summed E-state index contributed by atoms with van der Waals surface area (Å²) in [6, 6.07) is 6.81. The third-order valence-corrected chi connectivity index (χ3v) is 5.06. The summed E-state index contributed by atoms with van der Waals surface area (Å²) in [6.07, 6.45) is 5.94. The summed E-state index contributed by atoms with van der Waals surface area (Å²) >= 11 is 0. The maximum Gasteiger partial charge on any atom is 0.245 e. The van der Waals surface area contributed by atoms with E-state index < -0.39 is 0 Å². The summed E-state index contributed by atoms with van der Waals surface area (Å²) in [5.41, 5.74) is 10.6. The molecular formula is C18H22N6O. The number of nitrogens with zero attached hydrogens (tertiary/aromatic N) is 5. The Bertz CT molecular complexity index is 900. The number of aryl methyl sites for hydroxylation is 2. The van der Waals surface area contributed by atoms with Gasteiger partial charge in [0.15, 0.2) is 11.6 Å². The minimum Gasteiger partial charge on any atom is -0.381 e. The van der Waals surface area contributed by atoms with Gasteiger partial charge < -0.3 is 10.6 Å². The van der Waals surface area contributed by atoms with Gasteiger partial charge in [-0.05, 0) is 60.3 Å². The molecule has 1 saturated carbocycles. The van der Waals surface area contributed by atoms with Gasteiger partial charge in [0.05, 0.1) is 0 Å². The molecule has 1 aliphatic carbocycles. The number of nitrogens with two attached hydrogens (primary N) is 1. The van der Waals surface area contributed by atoms with Crippen molar-refractivity contribution in [3.05, 3.63) is 29.3 Å². The minimum absolute atomic E-state index is 0.338. The molecule has 1 aliphatic rings. The largest absolute Gasteiger partial charge is 0.381 e. The number of hydrogen-bond donors (Lipinski definition) is 1. The number of fused-ring (bicyclic) bond motifs is 1. The molecule has 2 aromatic heterocycles. The number of nitrogen functional groups attached to an aromatic ring is 1. The number of rotatable bonds is 3. The molecule has 25 heavy (non-hydrogen) atoms. The van der Waals surface area contributed by atoms with Crippen LogP contribution in [0.2, 0.25) is 0 Å². The maximum absolute atomic E-state index is 6.23. The standard InChI is InChI=1S/C18H22N6O/c1-11-8-9-14(10-12(11)2)24(13-6-4-3-5-7-13)18-15(19)20-16-17(21-18)23-25-22-16/h8-10,13H,3-7H2,1-2H3,(H2,19,20,22). The van der Waals surface area contributed by atoms with Gasteiger partial charge in [0, 0.05) is 11.7 Å². The second-order valence-electron chi connectivity index (χ2n) is 6.77. The first kappa shape index (κ1) is 15.8. The molecule has 7 heteroatoms. The van der Waals surface area contributed by atoms with Gasteiger partial charge in [0.25, 0.3) is 0 Å². The van der Waals surface area contributed by atoms with E-state index in [0.29, 0.717) is 29.0 Å². The van der Waals surface area contributed by atoms with Gasteiger partial charge in [-0.1, -0.05) is 25.3 Å². The Kier molecular flexibility index (Phi) is 3.99. The van der Waals surface area contributed by atoms with Crippen LogP contribution in [0.4, 0.5) is 17.3 Å². The van der Waals surface area contributed by atoms with E-state index >= 15 is 0 Å². The van der Waals surface area contributed by atoms with Gasteiger partial charge in [-0.25, -0.2) is 14.6 Å². The lowest BCUT2D eigenvalue weighted by Gasteiger charge is -2.35. The van der Waals surface area contributed by atoms with E-state index in [4.69, 9.17) is 10.4 Å². The molecule has 0 aliphatic heterocycles. The molecule has 0 bridgehead atoms. The monoisotopic (exact) mass is 338 g/mol. The SMILES string of the molecule is Cc1ccc(N(c2nc3nonc3nc2N)C2CCCCC2)cc1C. The average molecular weight is 338 g/mol. The highest BCUT2D eigenvalue weighted by Gasteiger charge is 2.27. The summed E-state index contributed by atoms with van der Waals surface area (Å²) in [5, 5.41) is 7.56. The lowest BCUT2D eigenvalue weighted by Crippen LogP contribution is -2.34. The Balaban J connectivity index is 1.85. The molecule has 3 aromatic rings. The average Bonchev–Trinajstić information content (AvgIpc) is 3.06. The fourth-order valence-corrected chi connectivity index (χ4v) is 3.54. The van der Waals surface area contributed by atoms with Crippen LogP contribution in [0.25, 0.3) is 11.3 Å². The van der Waals surface area contributed by atoms with Crippen molar-refractivity contribution in [1.82, 2.24) is 20.3 Å². The van der Waals surface area contributed by atoms with Gasteiger partial charge in [-0.15, -0.1) is 0 Å². The maximum atomic E-state index is 6.23. The summed E-state index contributed by atoms with van der Waals surface area (Å²) in [4.78, 5) is 11.2. The molecule has 2 N–H and O–H groups in total. The van der Waals surface area contributed by atoms with Crippen molar-refractivity contribution in [2.75, 3.05) is 10.6 Å². The predicted molar refractivity (Wildman–Crippen MR) is 96.7 cm³/mol. The van der Waals surface area contributed by atoms with Crippen molar-refractivity contribution in [1.29, 1.82) is 0 Å². The smallest absolute Gasteiger partial charge is 0.245 e. The van der Waals surface area contributed by atoms with E-state index in [-0.39, 0.29) is 0 Å². The van der Waals surface area contributed by atoms with E-state index in [2.05, 4.69) is 57.2 Å². The van der Waals surface area contributed by atoms with E-state index in [0.717, 1.165) is 18.5 Å². The zero-order valence-corrected chi connectivity index (χ0v) is 14.6. The van der Waals surface area contributed by atoms with Crippen molar-refractivity contribution in [3.8, 4) is 0 Å². The second kappa shape index (κ2) is 6.31. The second-order valence-corrected chi connectivity index (χ2v) is 6.77. The first-order valence-electron chi connectivity index (χ1n) is 8.76. The zero-order valence-electron chi connectivity index (χ0n) is 14.6. The van der Waals surface area contributed by atoms with Crippen molar-refractivity contribution in [2.45, 2.75) is 52.0 Å². The normalized spacial score (nSPS) is 15.6. The molecule has 2 heterocycles. The molecule has 0 amide bonds. The van der Waals surface area contributed by atoms with E-state index in [1.807, 2.05) is 0 Å². The van der Waals surface area contributed by atoms with Crippen LogP contribution in [0.5, 0.6) is 0 Å². The summed E-state index contributed by atoms with van der Waals surface area (Å²) in [6.45, 7) is 4.24. The number of anilines is 3. The van der Waals surface area contributed by atoms with Crippen LogP contribution in [-0.4, -0.2) is 26.3 Å². The molecule has 0 unspecified atom stereocenters. The topological polar surface area (TPSA) is 94.0 Å². The first-order chi connectivity index (χ1) is 12.1. The molecule has 0 atom stereocenters. The summed E-state index contributed by atoms with van der Waals surface area (Å²) < 4.78 is 4.74. The fourth-order valence-electron chi connectivity index (χ4n) is 3.54. The van der Waals surface area contributed by atoms with Gasteiger partial charge >= 0.3 is 0 Å². The summed E-state index contributed by atoms with van der Waals surface area (Å²) in [5.74, 6) is 0.991. The highest BCUT2D eigenvalue weighted by molar-refractivity contribution is 5.77. The minimum atomic E-state index is 0.338. The molecule has 7 nitrogen and oxygen atoms in total. The Morgan fingerprint density at radius 3 is 2.44 bits per heavy atom. The fraction of sp³-hybridized carbons (Fsp3) is 0.444. The lowest BCUT2D eigenvalue weighted by molar-refractivity contribution is 0.314. The molecule has 1 aromatic carbocycles. The predicted octanol–water partition coefficient (Wildman–Crippen LogP) is 3.68. The Hall–Kier alpha value is -2.70. The molecule has 4 rings (SSSR count). The number of aromatic nitrogens is 4. The van der Waals surface area contributed by atoms with Crippen LogP contribution in [0, 0.1) is 13.8 Å². The highest BCUT2D eigenvalue weighted by Crippen LogP contribution is 2.36. The molecule has 1 fully saturated rings. The molecular weight excluding hydrogens is 316 g/mol. The summed E-state index contributed by atoms with van der Waals surface area (Å²) in [7, 11) is 0. The van der Waals surface area contributed by atoms with Crippen LogP contribution in [-0.2, 0) is 0 Å². The van der Waals surface area contributed by atoms with E-state index in [9.17, 15) is 0 Å². The van der Waals surface area contributed by atoms with Crippen molar-refractivity contribution < 1.29 is 4.63 Å².